The minimum absolute atomic E-state index is 0.0862. The molecule has 0 aromatic heterocycles. The summed E-state index contributed by atoms with van der Waals surface area (Å²) in [4.78, 5) is 0. The Bertz CT molecular complexity index is 1790. The fraction of sp³-hybridized carbons (Fsp3) is 1.00. The van der Waals surface area contributed by atoms with Crippen LogP contribution in [0.15, 0.2) is 0 Å². The van der Waals surface area contributed by atoms with E-state index in [1.54, 1.807) is 42.7 Å². The van der Waals surface area contributed by atoms with Gasteiger partial charge in [-0.05, 0) is 0 Å². The predicted octanol–water partition coefficient (Wildman–Crippen LogP) is -1.18. The summed E-state index contributed by atoms with van der Waals surface area (Å²) in [5, 5.41) is 0. The molecule has 30 atom stereocenters. The Hall–Kier alpha value is -1.44. The van der Waals surface area contributed by atoms with Crippen LogP contribution in [0.2, 0.25) is 0 Å². The first-order valence-electron chi connectivity index (χ1n) is 34.5. The van der Waals surface area contributed by atoms with Gasteiger partial charge in [-0.3, -0.25) is 0 Å². The smallest absolute Gasteiger partial charge is 0.187 e. The number of ether oxygens (including phenoxy) is 36. The van der Waals surface area contributed by atoms with Crippen LogP contribution in [0.25, 0.3) is 0 Å². The third-order valence-electron chi connectivity index (χ3n) is 18.8. The van der Waals surface area contributed by atoms with E-state index in [0.29, 0.717) is 0 Å². The van der Waals surface area contributed by atoms with Gasteiger partial charge in [0, 0.05) is 128 Å². The maximum atomic E-state index is 7.18. The van der Waals surface area contributed by atoms with E-state index in [1.165, 1.54) is 85.3 Å². The molecule has 22 saturated heterocycles. The lowest BCUT2D eigenvalue weighted by molar-refractivity contribution is -0.410. The lowest BCUT2D eigenvalue weighted by Crippen LogP contribution is -2.70. The molecule has 600 valence electrons. The van der Waals surface area contributed by atoms with Gasteiger partial charge in [0.1, 0.15) is 146 Å². The maximum absolute atomic E-state index is 7.18. The highest BCUT2D eigenvalue weighted by molar-refractivity contribution is 5.03. The van der Waals surface area contributed by atoms with Crippen LogP contribution in [0, 0.1) is 0 Å². The van der Waals surface area contributed by atoms with Crippen molar-refractivity contribution in [2.75, 3.05) is 247 Å². The predicted molar refractivity (Wildman–Crippen MR) is 347 cm³/mol. The molecule has 0 saturated carbocycles. The van der Waals surface area contributed by atoms with Crippen LogP contribution in [0.1, 0.15) is 0 Å². The molecule has 36 nitrogen and oxygen atoms in total. The van der Waals surface area contributed by atoms with Gasteiger partial charge in [-0.2, -0.15) is 0 Å². The molecule has 0 amide bonds. The monoisotopic (exact) mass is 1490 g/mol. The standard InChI is InChI=1S/C66H120O36/c1-67-19-25-85-31-37-43-49(73-7)55(79-13)61(91-37)98-44-38(32-86-26-20-68-2)93-63(57(81-15)50(44)74-8)100-46-40(34-88-28-22-70-4)95-65(59(83-17)52(46)76-10)102-48-42(36-90-30-24-72-6)96-66(60(84-18)54(48)78-12)101-47-41(35-89-29-23-71-5)94-64(58(82-16)53(47)77-11)99-45-39(33-87-27-21-69-3)92-62(97-43)56(80-14)51(45)75-9/h37-66H,19-36H2,1-18H3. The van der Waals surface area contributed by atoms with Crippen molar-refractivity contribution >= 4 is 0 Å². The van der Waals surface area contributed by atoms with E-state index in [2.05, 4.69) is 0 Å². The molecule has 102 heavy (non-hydrogen) atoms. The first-order valence-corrected chi connectivity index (χ1v) is 34.5. The number of hydrogen-bond acceptors (Lipinski definition) is 36. The molecule has 0 N–H and O–H groups in total. The SMILES string of the molecule is COCCOCC1OC2OC3C(COCCOC)OC(OC4C(COCCOC)OC(OC5C(COCCOC)OC(OC6C(COCCOC)OC(OC7C(COCCOC)OC(OC1C(OC)C2OC)C(OC)C7OC)C(OC)C6OC)C(OC)C5OC)C(OC)C4OC)C(OC)C3OC. The molecular weight excluding hydrogens is 1370 g/mol. The summed E-state index contributed by atoms with van der Waals surface area (Å²) in [5.41, 5.74) is 0. The molecule has 0 spiro atoms. The largest absolute Gasteiger partial charge is 0.382 e. The molecule has 0 aromatic carbocycles. The van der Waals surface area contributed by atoms with Crippen LogP contribution < -0.4 is 0 Å². The van der Waals surface area contributed by atoms with Gasteiger partial charge in [-0.15, -0.1) is 0 Å². The van der Waals surface area contributed by atoms with Crippen LogP contribution in [0.3, 0.4) is 0 Å². The van der Waals surface area contributed by atoms with Crippen molar-refractivity contribution in [3.8, 4) is 0 Å². The summed E-state index contributed by atoms with van der Waals surface area (Å²) in [6.45, 7) is 2.06. The molecule has 22 heterocycles. The second kappa shape index (κ2) is 47.6. The first-order chi connectivity index (χ1) is 49.9. The third-order valence-corrected chi connectivity index (χ3v) is 18.8. The molecular formula is C66H120O36. The van der Waals surface area contributed by atoms with Crippen molar-refractivity contribution in [3.63, 3.8) is 0 Å². The van der Waals surface area contributed by atoms with Gasteiger partial charge in [-0.25, -0.2) is 0 Å². The van der Waals surface area contributed by atoms with E-state index in [1.807, 2.05) is 0 Å². The maximum Gasteiger partial charge on any atom is 0.187 e. The Kier molecular flexibility index (Phi) is 41.0. The molecule has 12 bridgehead atoms. The summed E-state index contributed by atoms with van der Waals surface area (Å²) in [6.07, 6.45) is -32.5. The molecule has 0 aliphatic carbocycles. The Morgan fingerprint density at radius 1 is 0.157 bits per heavy atom. The van der Waals surface area contributed by atoms with Gasteiger partial charge in [0.05, 0.1) is 119 Å². The third kappa shape index (κ3) is 22.9. The van der Waals surface area contributed by atoms with Crippen molar-refractivity contribution in [1.29, 1.82) is 0 Å². The zero-order chi connectivity index (χ0) is 73.5. The van der Waals surface area contributed by atoms with Crippen LogP contribution in [-0.4, -0.2) is 431 Å². The lowest BCUT2D eigenvalue weighted by atomic mass is 9.94. The van der Waals surface area contributed by atoms with Gasteiger partial charge in [0.25, 0.3) is 0 Å². The van der Waals surface area contributed by atoms with E-state index < -0.39 is 184 Å². The second-order valence-electron chi connectivity index (χ2n) is 24.7. The highest BCUT2D eigenvalue weighted by Crippen LogP contribution is 2.42. The number of methoxy groups -OCH3 is 18. The summed E-state index contributed by atoms with van der Waals surface area (Å²) >= 11 is 0. The van der Waals surface area contributed by atoms with Crippen LogP contribution in [-0.2, 0) is 171 Å². The highest BCUT2D eigenvalue weighted by atomic mass is 16.8. The minimum Gasteiger partial charge on any atom is -0.382 e. The van der Waals surface area contributed by atoms with Crippen LogP contribution in [0.4, 0.5) is 0 Å². The Labute approximate surface area is 600 Å². The normalized spacial score (nSPS) is 40.1. The van der Waals surface area contributed by atoms with E-state index in [0.717, 1.165) is 0 Å². The summed E-state index contributed by atoms with van der Waals surface area (Å²) in [7, 11) is 27.5. The highest BCUT2D eigenvalue weighted by Gasteiger charge is 2.61. The lowest BCUT2D eigenvalue weighted by Gasteiger charge is -2.53. The Morgan fingerprint density at radius 2 is 0.284 bits per heavy atom. The topological polar surface area (TPSA) is 332 Å². The number of hydrogen-bond donors (Lipinski definition) is 0. The van der Waals surface area contributed by atoms with Gasteiger partial charge in [-0.1, -0.05) is 0 Å². The first kappa shape index (κ1) is 87.8. The van der Waals surface area contributed by atoms with E-state index in [4.69, 9.17) is 171 Å². The van der Waals surface area contributed by atoms with Crippen molar-refractivity contribution in [1.82, 2.24) is 0 Å². The molecule has 36 heteroatoms. The van der Waals surface area contributed by atoms with Gasteiger partial charge in [0.2, 0.25) is 0 Å². The molecule has 22 fully saturated rings. The van der Waals surface area contributed by atoms with Gasteiger partial charge >= 0.3 is 0 Å². The van der Waals surface area contributed by atoms with Crippen molar-refractivity contribution in [3.05, 3.63) is 0 Å². The molecule has 22 rings (SSSR count). The quantitative estimate of drug-likeness (QED) is 0.0649. The summed E-state index contributed by atoms with van der Waals surface area (Å²) in [5.74, 6) is 0. The number of rotatable bonds is 42. The zero-order valence-electron chi connectivity index (χ0n) is 62.7. The van der Waals surface area contributed by atoms with E-state index >= 15 is 0 Å². The molecule has 0 radical (unpaired) electrons. The Balaban J connectivity index is 1.41. The van der Waals surface area contributed by atoms with E-state index in [-0.39, 0.29) is 119 Å². The zero-order valence-corrected chi connectivity index (χ0v) is 62.7. The summed E-state index contributed by atoms with van der Waals surface area (Å²) in [6, 6.07) is 0. The molecule has 22 aliphatic heterocycles. The average Bonchev–Trinajstić information content (AvgIpc) is 0.765. The Morgan fingerprint density at radius 3 is 0.392 bits per heavy atom. The van der Waals surface area contributed by atoms with Crippen LogP contribution >= 0.6 is 0 Å². The molecule has 0 aromatic rings. The van der Waals surface area contributed by atoms with Crippen molar-refractivity contribution in [2.45, 2.75) is 184 Å². The van der Waals surface area contributed by atoms with Gasteiger partial charge < -0.3 is 171 Å². The fourth-order valence-corrected chi connectivity index (χ4v) is 13.8. The average molecular weight is 1490 g/mol. The summed E-state index contributed by atoms with van der Waals surface area (Å²) < 4.78 is 232. The van der Waals surface area contributed by atoms with Crippen LogP contribution in [0.5, 0.6) is 0 Å². The molecule has 22 aliphatic rings. The van der Waals surface area contributed by atoms with Crippen molar-refractivity contribution < 1.29 is 171 Å². The molecule has 30 unspecified atom stereocenters. The fourth-order valence-electron chi connectivity index (χ4n) is 13.8. The van der Waals surface area contributed by atoms with Crippen molar-refractivity contribution in [2.24, 2.45) is 0 Å². The minimum atomic E-state index is -1.28. The van der Waals surface area contributed by atoms with E-state index in [9.17, 15) is 0 Å². The van der Waals surface area contributed by atoms with Gasteiger partial charge in [0.15, 0.2) is 37.7 Å². The second-order valence-corrected chi connectivity index (χ2v) is 24.7.